The summed E-state index contributed by atoms with van der Waals surface area (Å²) >= 11 is 0. The van der Waals surface area contributed by atoms with E-state index in [1.54, 1.807) is 0 Å². The zero-order valence-corrected chi connectivity index (χ0v) is 9.96. The molecule has 1 heterocycles. The monoisotopic (exact) mass is 212 g/mol. The summed E-state index contributed by atoms with van der Waals surface area (Å²) in [6, 6.07) is 0.600. The first kappa shape index (κ1) is 11.4. The van der Waals surface area contributed by atoms with Gasteiger partial charge in [0.1, 0.15) is 0 Å². The molecule has 1 aliphatic heterocycles. The van der Waals surface area contributed by atoms with Crippen LogP contribution in [0, 0.1) is 11.8 Å². The molecule has 2 rings (SSSR count). The van der Waals surface area contributed by atoms with Gasteiger partial charge >= 0.3 is 0 Å². The second kappa shape index (κ2) is 5.28. The molecule has 0 bridgehead atoms. The van der Waals surface area contributed by atoms with Gasteiger partial charge in [-0.15, -0.1) is 0 Å². The third-order valence-electron chi connectivity index (χ3n) is 4.08. The second-order valence-corrected chi connectivity index (χ2v) is 5.12. The van der Waals surface area contributed by atoms with Gasteiger partial charge < -0.3 is 15.4 Å². The summed E-state index contributed by atoms with van der Waals surface area (Å²) in [6.07, 6.45) is 4.28. The molecule has 0 radical (unpaired) electrons. The fraction of sp³-hybridized carbons (Fsp3) is 1.00. The Bertz CT molecular complexity index is 198. The van der Waals surface area contributed by atoms with Gasteiger partial charge in [-0.05, 0) is 50.7 Å². The molecule has 1 saturated carbocycles. The van der Waals surface area contributed by atoms with E-state index in [0.29, 0.717) is 12.1 Å². The first-order valence-electron chi connectivity index (χ1n) is 6.28. The number of hydrogen-bond acceptors (Lipinski definition) is 3. The molecule has 0 spiro atoms. The van der Waals surface area contributed by atoms with Gasteiger partial charge in [0.05, 0.1) is 6.10 Å². The summed E-state index contributed by atoms with van der Waals surface area (Å²) in [5.41, 5.74) is 0. The normalized spacial score (nSPS) is 41.2. The SMILES string of the molecule is COC1CCCC1NC[C@@H]1CNC[C@H]1C. The van der Waals surface area contributed by atoms with E-state index in [-0.39, 0.29) is 0 Å². The summed E-state index contributed by atoms with van der Waals surface area (Å²) in [6.45, 7) is 5.86. The van der Waals surface area contributed by atoms with Gasteiger partial charge in [-0.25, -0.2) is 0 Å². The highest BCUT2D eigenvalue weighted by atomic mass is 16.5. The average Bonchev–Trinajstić information content (AvgIpc) is 2.83. The van der Waals surface area contributed by atoms with Crippen LogP contribution in [0.2, 0.25) is 0 Å². The fourth-order valence-corrected chi connectivity index (χ4v) is 2.88. The van der Waals surface area contributed by atoms with Crippen LogP contribution in [-0.4, -0.2) is 38.9 Å². The van der Waals surface area contributed by atoms with Crippen LogP contribution in [0.1, 0.15) is 26.2 Å². The van der Waals surface area contributed by atoms with E-state index >= 15 is 0 Å². The predicted octanol–water partition coefficient (Wildman–Crippen LogP) is 0.999. The molecule has 2 N–H and O–H groups in total. The maximum absolute atomic E-state index is 5.49. The van der Waals surface area contributed by atoms with E-state index in [2.05, 4.69) is 17.6 Å². The first-order valence-corrected chi connectivity index (χ1v) is 6.28. The molecule has 1 saturated heterocycles. The molecule has 0 aromatic rings. The number of methoxy groups -OCH3 is 1. The van der Waals surface area contributed by atoms with Gasteiger partial charge in [0.2, 0.25) is 0 Å². The van der Waals surface area contributed by atoms with Crippen molar-refractivity contribution in [3.8, 4) is 0 Å². The number of nitrogens with one attached hydrogen (secondary N) is 2. The summed E-state index contributed by atoms with van der Waals surface area (Å²) in [5, 5.41) is 7.14. The van der Waals surface area contributed by atoms with Crippen LogP contribution in [0.3, 0.4) is 0 Å². The summed E-state index contributed by atoms with van der Waals surface area (Å²) in [4.78, 5) is 0. The van der Waals surface area contributed by atoms with Crippen molar-refractivity contribution in [2.45, 2.75) is 38.3 Å². The Morgan fingerprint density at radius 2 is 2.20 bits per heavy atom. The van der Waals surface area contributed by atoms with Crippen LogP contribution in [0.4, 0.5) is 0 Å². The van der Waals surface area contributed by atoms with Crippen molar-refractivity contribution in [2.24, 2.45) is 11.8 Å². The summed E-state index contributed by atoms with van der Waals surface area (Å²) < 4.78 is 5.49. The topological polar surface area (TPSA) is 33.3 Å². The van der Waals surface area contributed by atoms with Crippen LogP contribution < -0.4 is 10.6 Å². The zero-order valence-electron chi connectivity index (χ0n) is 9.96. The minimum Gasteiger partial charge on any atom is -0.380 e. The average molecular weight is 212 g/mol. The van der Waals surface area contributed by atoms with Crippen molar-refractivity contribution >= 4 is 0 Å². The molecule has 0 aromatic carbocycles. The largest absolute Gasteiger partial charge is 0.380 e. The molecule has 2 fully saturated rings. The molecule has 1 aliphatic carbocycles. The molecule has 2 unspecified atom stereocenters. The highest BCUT2D eigenvalue weighted by Gasteiger charge is 2.29. The van der Waals surface area contributed by atoms with Crippen LogP contribution in [0.15, 0.2) is 0 Å². The lowest BCUT2D eigenvalue weighted by molar-refractivity contribution is 0.0835. The summed E-state index contributed by atoms with van der Waals surface area (Å²) in [5.74, 6) is 1.63. The molecular weight excluding hydrogens is 188 g/mol. The van der Waals surface area contributed by atoms with Gasteiger partial charge in [0.25, 0.3) is 0 Å². The smallest absolute Gasteiger partial charge is 0.0724 e. The van der Waals surface area contributed by atoms with E-state index in [1.807, 2.05) is 7.11 Å². The van der Waals surface area contributed by atoms with E-state index in [0.717, 1.165) is 18.4 Å². The molecule has 88 valence electrons. The van der Waals surface area contributed by atoms with Crippen LogP contribution in [0.25, 0.3) is 0 Å². The van der Waals surface area contributed by atoms with E-state index in [4.69, 9.17) is 4.74 Å². The van der Waals surface area contributed by atoms with Crippen LogP contribution in [0.5, 0.6) is 0 Å². The second-order valence-electron chi connectivity index (χ2n) is 5.12. The van der Waals surface area contributed by atoms with E-state index < -0.39 is 0 Å². The van der Waals surface area contributed by atoms with Crippen molar-refractivity contribution in [3.63, 3.8) is 0 Å². The minimum atomic E-state index is 0.453. The quantitative estimate of drug-likeness (QED) is 0.729. The van der Waals surface area contributed by atoms with Crippen molar-refractivity contribution in [3.05, 3.63) is 0 Å². The lowest BCUT2D eigenvalue weighted by atomic mass is 9.98. The Labute approximate surface area is 93.0 Å². The Hall–Kier alpha value is -0.120. The highest BCUT2D eigenvalue weighted by molar-refractivity contribution is 4.87. The lowest BCUT2D eigenvalue weighted by Crippen LogP contribution is -2.40. The maximum atomic E-state index is 5.49. The molecule has 3 nitrogen and oxygen atoms in total. The van der Waals surface area contributed by atoms with Crippen molar-refractivity contribution < 1.29 is 4.74 Å². The van der Waals surface area contributed by atoms with Crippen molar-refractivity contribution in [1.82, 2.24) is 10.6 Å². The van der Waals surface area contributed by atoms with Gasteiger partial charge in [-0.3, -0.25) is 0 Å². The number of ether oxygens (including phenoxy) is 1. The van der Waals surface area contributed by atoms with Crippen LogP contribution >= 0.6 is 0 Å². The van der Waals surface area contributed by atoms with Gasteiger partial charge in [-0.2, -0.15) is 0 Å². The summed E-state index contributed by atoms with van der Waals surface area (Å²) in [7, 11) is 1.84. The molecule has 15 heavy (non-hydrogen) atoms. The Morgan fingerprint density at radius 3 is 2.87 bits per heavy atom. The third kappa shape index (κ3) is 2.71. The molecule has 3 heteroatoms. The highest BCUT2D eigenvalue weighted by Crippen LogP contribution is 2.22. The number of rotatable bonds is 4. The Kier molecular flexibility index (Phi) is 4.00. The standard InChI is InChI=1S/C12H24N2O/c1-9-6-13-7-10(9)8-14-11-4-3-5-12(11)15-2/h9-14H,3-8H2,1-2H3/t9-,10+,11?,12?/m1/s1. The Balaban J connectivity index is 1.72. The Morgan fingerprint density at radius 1 is 1.33 bits per heavy atom. The van der Waals surface area contributed by atoms with Crippen molar-refractivity contribution in [2.75, 3.05) is 26.7 Å². The molecule has 2 aliphatic rings. The van der Waals surface area contributed by atoms with Gasteiger partial charge in [-0.1, -0.05) is 6.92 Å². The maximum Gasteiger partial charge on any atom is 0.0724 e. The van der Waals surface area contributed by atoms with Crippen molar-refractivity contribution in [1.29, 1.82) is 0 Å². The van der Waals surface area contributed by atoms with Gasteiger partial charge in [0.15, 0.2) is 0 Å². The van der Waals surface area contributed by atoms with E-state index in [1.165, 1.54) is 32.4 Å². The van der Waals surface area contributed by atoms with Crippen LogP contribution in [-0.2, 0) is 4.74 Å². The fourth-order valence-electron chi connectivity index (χ4n) is 2.88. The first-order chi connectivity index (χ1) is 7.31. The zero-order chi connectivity index (χ0) is 10.7. The third-order valence-corrected chi connectivity index (χ3v) is 4.08. The molecular formula is C12H24N2O. The van der Waals surface area contributed by atoms with Gasteiger partial charge in [0, 0.05) is 13.2 Å². The minimum absolute atomic E-state index is 0.453. The molecule has 0 aromatic heterocycles. The molecule has 0 amide bonds. The lowest BCUT2D eigenvalue weighted by Gasteiger charge is -2.23. The van der Waals surface area contributed by atoms with E-state index in [9.17, 15) is 0 Å². The predicted molar refractivity (Wildman–Crippen MR) is 62.0 cm³/mol. The molecule has 4 atom stereocenters. The number of hydrogen-bond donors (Lipinski definition) is 2.